The van der Waals surface area contributed by atoms with Gasteiger partial charge in [-0.3, -0.25) is 0 Å². The molecule has 2 heterocycles. The fourth-order valence-electron chi connectivity index (χ4n) is 7.88. The molecule has 0 radical (unpaired) electrons. The summed E-state index contributed by atoms with van der Waals surface area (Å²) in [5.74, 6) is -0.252. The van der Waals surface area contributed by atoms with Gasteiger partial charge in [0, 0.05) is 49.9 Å². The van der Waals surface area contributed by atoms with Crippen LogP contribution in [0, 0.1) is 5.82 Å². The Balaban J connectivity index is 1.26. The Labute approximate surface area is 300 Å². The van der Waals surface area contributed by atoms with Gasteiger partial charge in [-0.2, -0.15) is 0 Å². The summed E-state index contributed by atoms with van der Waals surface area (Å²) in [6.07, 6.45) is 0. The van der Waals surface area contributed by atoms with E-state index in [-0.39, 0.29) is 5.82 Å². The number of rotatable bonds is 6. The molecule has 246 valence electrons. The van der Waals surface area contributed by atoms with Gasteiger partial charge < -0.3 is 14.0 Å². The summed E-state index contributed by atoms with van der Waals surface area (Å²) in [4.78, 5) is 2.38. The third-order valence-corrected chi connectivity index (χ3v) is 10.2. The SMILES string of the molecule is Fc1ccc(-n2c3ccccc3c3ccc(N(c4ccc5c(c4)c4ccccc4n5-c4ccccc4)c4ccccc4-c4ccccc4)cc32)cc1. The molecule has 0 N–H and O–H groups in total. The molecule has 2 aromatic heterocycles. The molecule has 0 aliphatic carbocycles. The van der Waals surface area contributed by atoms with Crippen LogP contribution in [-0.4, -0.2) is 9.13 Å². The van der Waals surface area contributed by atoms with Crippen LogP contribution in [0.25, 0.3) is 66.1 Å². The van der Waals surface area contributed by atoms with Crippen LogP contribution in [0.3, 0.4) is 0 Å². The first-order valence-electron chi connectivity index (χ1n) is 17.6. The highest BCUT2D eigenvalue weighted by Gasteiger charge is 2.22. The van der Waals surface area contributed by atoms with Crippen molar-refractivity contribution in [2.24, 2.45) is 0 Å². The molecule has 52 heavy (non-hydrogen) atoms. The van der Waals surface area contributed by atoms with Crippen molar-refractivity contribution in [3.8, 4) is 22.5 Å². The molecule has 4 heteroatoms. The van der Waals surface area contributed by atoms with E-state index in [1.165, 1.54) is 28.4 Å². The molecule has 0 atom stereocenters. The fourth-order valence-corrected chi connectivity index (χ4v) is 7.88. The van der Waals surface area contributed by atoms with Crippen LogP contribution in [0.5, 0.6) is 0 Å². The molecule has 0 aliphatic heterocycles. The lowest BCUT2D eigenvalue weighted by Crippen LogP contribution is -2.11. The number of halogens is 1. The van der Waals surface area contributed by atoms with Gasteiger partial charge in [-0.05, 0) is 90.5 Å². The highest BCUT2D eigenvalue weighted by molar-refractivity contribution is 6.12. The van der Waals surface area contributed by atoms with Crippen LogP contribution >= 0.6 is 0 Å². The minimum absolute atomic E-state index is 0.252. The minimum Gasteiger partial charge on any atom is -0.310 e. The van der Waals surface area contributed by atoms with E-state index in [1.807, 2.05) is 12.1 Å². The Kier molecular flexibility index (Phi) is 7.00. The lowest BCUT2D eigenvalue weighted by Gasteiger charge is -2.28. The zero-order valence-electron chi connectivity index (χ0n) is 28.2. The Morgan fingerprint density at radius 2 is 0.885 bits per heavy atom. The second kappa shape index (κ2) is 12.1. The van der Waals surface area contributed by atoms with Crippen molar-refractivity contribution in [2.45, 2.75) is 0 Å². The summed E-state index contributed by atoms with van der Waals surface area (Å²) in [5.41, 5.74) is 11.9. The average Bonchev–Trinajstić information content (AvgIpc) is 3.72. The summed E-state index contributed by atoms with van der Waals surface area (Å²) in [7, 11) is 0. The van der Waals surface area contributed by atoms with Gasteiger partial charge in [0.1, 0.15) is 5.82 Å². The first-order chi connectivity index (χ1) is 25.7. The molecular weight excluding hydrogens is 638 g/mol. The highest BCUT2D eigenvalue weighted by Crippen LogP contribution is 2.45. The monoisotopic (exact) mass is 669 g/mol. The number of hydrogen-bond donors (Lipinski definition) is 0. The molecule has 0 aliphatic rings. The van der Waals surface area contributed by atoms with E-state index in [0.717, 1.165) is 66.9 Å². The predicted molar refractivity (Wildman–Crippen MR) is 215 cm³/mol. The Bertz CT molecular complexity index is 2900. The number of fused-ring (bicyclic) bond motifs is 6. The molecular formula is C48H32FN3. The van der Waals surface area contributed by atoms with Crippen molar-refractivity contribution in [3.05, 3.63) is 200 Å². The maximum Gasteiger partial charge on any atom is 0.123 e. The Hall–Kier alpha value is -6.91. The van der Waals surface area contributed by atoms with Crippen molar-refractivity contribution in [2.75, 3.05) is 4.90 Å². The lowest BCUT2D eigenvalue weighted by atomic mass is 10.0. The Morgan fingerprint density at radius 1 is 0.365 bits per heavy atom. The van der Waals surface area contributed by atoms with Crippen LogP contribution in [0.4, 0.5) is 21.5 Å². The maximum absolute atomic E-state index is 14.2. The van der Waals surface area contributed by atoms with E-state index in [0.29, 0.717) is 0 Å². The van der Waals surface area contributed by atoms with Crippen molar-refractivity contribution in [3.63, 3.8) is 0 Å². The summed E-state index contributed by atoms with van der Waals surface area (Å²) in [5, 5.41) is 4.67. The number of benzene rings is 8. The van der Waals surface area contributed by atoms with Gasteiger partial charge in [-0.15, -0.1) is 0 Å². The molecule has 0 unspecified atom stereocenters. The first kappa shape index (κ1) is 30.0. The molecule has 0 bridgehead atoms. The van der Waals surface area contributed by atoms with Crippen molar-refractivity contribution in [1.29, 1.82) is 0 Å². The quantitative estimate of drug-likeness (QED) is 0.172. The van der Waals surface area contributed by atoms with Crippen LogP contribution in [0.2, 0.25) is 0 Å². The van der Waals surface area contributed by atoms with E-state index in [9.17, 15) is 4.39 Å². The molecule has 0 saturated carbocycles. The highest BCUT2D eigenvalue weighted by atomic mass is 19.1. The molecule has 10 rings (SSSR count). The number of anilines is 3. The van der Waals surface area contributed by atoms with Gasteiger partial charge in [0.05, 0.1) is 27.8 Å². The summed E-state index contributed by atoms with van der Waals surface area (Å²) in [6, 6.07) is 67.2. The van der Waals surface area contributed by atoms with Crippen molar-refractivity contribution >= 4 is 60.7 Å². The molecule has 0 amide bonds. The average molecular weight is 670 g/mol. The second-order valence-corrected chi connectivity index (χ2v) is 13.1. The number of nitrogens with zero attached hydrogens (tertiary/aromatic N) is 3. The standard InChI is InChI=1S/C48H32FN3/c49-34-23-25-36(26-24-34)52-45-21-11-8-18-40(45)42-29-27-38(32-48(42)52)50(44-20-10-7-17-39(44)33-13-3-1-4-14-33)37-28-30-47-43(31-37)41-19-9-12-22-46(41)51(47)35-15-5-2-6-16-35/h1-32H. The van der Waals surface area contributed by atoms with E-state index in [1.54, 1.807) is 0 Å². The zero-order valence-corrected chi connectivity index (χ0v) is 28.2. The van der Waals surface area contributed by atoms with Gasteiger partial charge in [0.2, 0.25) is 0 Å². The molecule has 10 aromatic rings. The van der Waals surface area contributed by atoms with E-state index in [4.69, 9.17) is 0 Å². The summed E-state index contributed by atoms with van der Waals surface area (Å²) in [6.45, 7) is 0. The normalized spacial score (nSPS) is 11.6. The van der Waals surface area contributed by atoms with Crippen molar-refractivity contribution < 1.29 is 4.39 Å². The van der Waals surface area contributed by atoms with Gasteiger partial charge >= 0.3 is 0 Å². The molecule has 3 nitrogen and oxygen atoms in total. The van der Waals surface area contributed by atoms with E-state index in [2.05, 4.69) is 184 Å². The summed E-state index contributed by atoms with van der Waals surface area (Å²) >= 11 is 0. The van der Waals surface area contributed by atoms with Gasteiger partial charge in [0.15, 0.2) is 0 Å². The topological polar surface area (TPSA) is 13.1 Å². The van der Waals surface area contributed by atoms with Crippen LogP contribution in [-0.2, 0) is 0 Å². The predicted octanol–water partition coefficient (Wildman–Crippen LogP) is 13.2. The number of aromatic nitrogens is 2. The Morgan fingerprint density at radius 3 is 1.63 bits per heavy atom. The first-order valence-corrected chi connectivity index (χ1v) is 17.6. The smallest absolute Gasteiger partial charge is 0.123 e. The molecule has 0 saturated heterocycles. The van der Waals surface area contributed by atoms with Crippen LogP contribution in [0.15, 0.2) is 194 Å². The minimum atomic E-state index is -0.252. The zero-order chi connectivity index (χ0) is 34.6. The van der Waals surface area contributed by atoms with Crippen molar-refractivity contribution in [1.82, 2.24) is 9.13 Å². The van der Waals surface area contributed by atoms with Crippen LogP contribution in [0.1, 0.15) is 0 Å². The third-order valence-electron chi connectivity index (χ3n) is 10.2. The van der Waals surface area contributed by atoms with E-state index >= 15 is 0 Å². The summed E-state index contributed by atoms with van der Waals surface area (Å²) < 4.78 is 18.8. The largest absolute Gasteiger partial charge is 0.310 e. The fraction of sp³-hybridized carbons (Fsp3) is 0. The number of hydrogen-bond acceptors (Lipinski definition) is 1. The number of para-hydroxylation sites is 4. The molecule has 0 fully saturated rings. The maximum atomic E-state index is 14.2. The molecule has 0 spiro atoms. The van der Waals surface area contributed by atoms with Gasteiger partial charge in [0.25, 0.3) is 0 Å². The molecule has 8 aromatic carbocycles. The lowest BCUT2D eigenvalue weighted by molar-refractivity contribution is 0.627. The third kappa shape index (κ3) is 4.80. The van der Waals surface area contributed by atoms with Gasteiger partial charge in [-0.25, -0.2) is 4.39 Å². The van der Waals surface area contributed by atoms with Gasteiger partial charge in [-0.1, -0.05) is 109 Å². The second-order valence-electron chi connectivity index (χ2n) is 13.1. The van der Waals surface area contributed by atoms with Crippen LogP contribution < -0.4 is 4.90 Å². The van der Waals surface area contributed by atoms with E-state index < -0.39 is 0 Å².